The summed E-state index contributed by atoms with van der Waals surface area (Å²) in [7, 11) is 0. The molecule has 2 aromatic rings. The molecular formula is C12H11BrN4O. The second-order valence-electron chi connectivity index (χ2n) is 3.71. The summed E-state index contributed by atoms with van der Waals surface area (Å²) in [4.78, 5) is 11.3. The number of hydrazone groups is 1. The minimum atomic E-state index is -0.300. The van der Waals surface area contributed by atoms with E-state index in [1.54, 1.807) is 6.21 Å². The molecule has 0 unspecified atom stereocenters. The molecule has 0 aliphatic heterocycles. The molecule has 92 valence electrons. The molecule has 2 N–H and O–H groups in total. The van der Waals surface area contributed by atoms with E-state index in [1.165, 1.54) is 6.20 Å². The number of nitrogens with one attached hydrogen (secondary N) is 2. The van der Waals surface area contributed by atoms with Gasteiger partial charge in [0.15, 0.2) is 0 Å². The zero-order valence-corrected chi connectivity index (χ0v) is 11.2. The molecule has 18 heavy (non-hydrogen) atoms. The fraction of sp³-hybridized carbons (Fsp3) is 0.0833. The van der Waals surface area contributed by atoms with Crippen LogP contribution in [0.15, 0.2) is 44.8 Å². The van der Waals surface area contributed by atoms with Crippen LogP contribution in [0.3, 0.4) is 0 Å². The monoisotopic (exact) mass is 306 g/mol. The van der Waals surface area contributed by atoms with Crippen LogP contribution in [-0.4, -0.2) is 16.4 Å². The normalized spacial score (nSPS) is 10.8. The molecule has 0 saturated carbocycles. The highest BCUT2D eigenvalue weighted by Crippen LogP contribution is 2.14. The van der Waals surface area contributed by atoms with Crippen molar-refractivity contribution in [1.82, 2.24) is 10.2 Å². The van der Waals surface area contributed by atoms with Crippen LogP contribution in [-0.2, 0) is 0 Å². The molecule has 0 spiro atoms. The van der Waals surface area contributed by atoms with Crippen LogP contribution in [0, 0.1) is 6.92 Å². The zero-order valence-electron chi connectivity index (χ0n) is 9.64. The van der Waals surface area contributed by atoms with Crippen molar-refractivity contribution in [3.63, 3.8) is 0 Å². The fourth-order valence-electron chi connectivity index (χ4n) is 1.39. The van der Waals surface area contributed by atoms with E-state index in [4.69, 9.17) is 0 Å². The molecule has 0 aliphatic rings. The van der Waals surface area contributed by atoms with Crippen LogP contribution in [0.25, 0.3) is 0 Å². The number of hydrogen-bond acceptors (Lipinski definition) is 4. The standard InChI is InChI=1S/C12H11BrN4O/c1-8-3-2-4-9(5-8)6-14-16-10-7-15-17-12(18)11(10)13/h2-7H,1H3,(H2,16,17,18)/b14-6+. The van der Waals surface area contributed by atoms with E-state index in [2.05, 4.69) is 36.7 Å². The maximum atomic E-state index is 11.3. The lowest BCUT2D eigenvalue weighted by Crippen LogP contribution is -2.10. The minimum Gasteiger partial charge on any atom is -0.275 e. The van der Waals surface area contributed by atoms with E-state index in [-0.39, 0.29) is 5.56 Å². The molecule has 0 fully saturated rings. The van der Waals surface area contributed by atoms with Gasteiger partial charge < -0.3 is 0 Å². The van der Waals surface area contributed by atoms with Gasteiger partial charge in [0.25, 0.3) is 5.56 Å². The maximum absolute atomic E-state index is 11.3. The zero-order chi connectivity index (χ0) is 13.0. The van der Waals surface area contributed by atoms with Gasteiger partial charge in [-0.2, -0.15) is 10.2 Å². The van der Waals surface area contributed by atoms with Crippen LogP contribution in [0.2, 0.25) is 0 Å². The second-order valence-corrected chi connectivity index (χ2v) is 4.50. The number of aromatic nitrogens is 2. The molecule has 2 rings (SSSR count). The average Bonchev–Trinajstić information content (AvgIpc) is 2.35. The highest BCUT2D eigenvalue weighted by Gasteiger charge is 2.02. The number of aryl methyl sites for hydroxylation is 1. The van der Waals surface area contributed by atoms with Crippen LogP contribution >= 0.6 is 15.9 Å². The quantitative estimate of drug-likeness (QED) is 0.675. The van der Waals surface area contributed by atoms with Crippen molar-refractivity contribution in [3.05, 3.63) is 56.4 Å². The Bertz CT molecular complexity index is 636. The van der Waals surface area contributed by atoms with Crippen molar-refractivity contribution in [1.29, 1.82) is 0 Å². The number of hydrogen-bond donors (Lipinski definition) is 2. The van der Waals surface area contributed by atoms with Gasteiger partial charge in [-0.15, -0.1) is 0 Å². The van der Waals surface area contributed by atoms with E-state index in [1.807, 2.05) is 31.2 Å². The summed E-state index contributed by atoms with van der Waals surface area (Å²) in [5.74, 6) is 0. The lowest BCUT2D eigenvalue weighted by atomic mass is 10.2. The van der Waals surface area contributed by atoms with Gasteiger partial charge in [-0.1, -0.05) is 29.8 Å². The Morgan fingerprint density at radius 1 is 1.50 bits per heavy atom. The van der Waals surface area contributed by atoms with Crippen molar-refractivity contribution in [2.24, 2.45) is 5.10 Å². The summed E-state index contributed by atoms with van der Waals surface area (Å²) in [6.45, 7) is 2.02. The molecule has 0 atom stereocenters. The summed E-state index contributed by atoms with van der Waals surface area (Å²) in [6.07, 6.45) is 3.17. The first-order valence-corrected chi connectivity index (χ1v) is 6.05. The molecule has 0 saturated heterocycles. The van der Waals surface area contributed by atoms with E-state index < -0.39 is 0 Å². The first kappa shape index (κ1) is 12.5. The van der Waals surface area contributed by atoms with Gasteiger partial charge >= 0.3 is 0 Å². The highest BCUT2D eigenvalue weighted by molar-refractivity contribution is 9.10. The third kappa shape index (κ3) is 3.04. The lowest BCUT2D eigenvalue weighted by molar-refractivity contribution is 0.977. The van der Waals surface area contributed by atoms with Crippen molar-refractivity contribution >= 4 is 27.8 Å². The molecule has 1 heterocycles. The van der Waals surface area contributed by atoms with Gasteiger partial charge in [0, 0.05) is 0 Å². The number of H-pyrrole nitrogens is 1. The van der Waals surface area contributed by atoms with Crippen LogP contribution in [0.5, 0.6) is 0 Å². The molecular weight excluding hydrogens is 296 g/mol. The maximum Gasteiger partial charge on any atom is 0.280 e. The predicted molar refractivity (Wildman–Crippen MR) is 75.0 cm³/mol. The lowest BCUT2D eigenvalue weighted by Gasteiger charge is -2.01. The number of aromatic amines is 1. The van der Waals surface area contributed by atoms with E-state index in [0.29, 0.717) is 10.2 Å². The van der Waals surface area contributed by atoms with E-state index in [0.717, 1.165) is 11.1 Å². The highest BCUT2D eigenvalue weighted by atomic mass is 79.9. The number of rotatable bonds is 3. The molecule has 1 aromatic carbocycles. The van der Waals surface area contributed by atoms with Gasteiger partial charge in [-0.05, 0) is 28.4 Å². The summed E-state index contributed by atoms with van der Waals surface area (Å²) >= 11 is 3.16. The Morgan fingerprint density at radius 2 is 2.33 bits per heavy atom. The molecule has 0 aliphatic carbocycles. The molecule has 0 bridgehead atoms. The Morgan fingerprint density at radius 3 is 3.11 bits per heavy atom. The van der Waals surface area contributed by atoms with Gasteiger partial charge in [-0.3, -0.25) is 10.2 Å². The molecule has 0 radical (unpaired) electrons. The smallest absolute Gasteiger partial charge is 0.275 e. The Kier molecular flexibility index (Phi) is 3.88. The van der Waals surface area contributed by atoms with Gasteiger partial charge in [-0.25, -0.2) is 5.10 Å². The van der Waals surface area contributed by atoms with Crippen LogP contribution in [0.4, 0.5) is 5.69 Å². The summed E-state index contributed by atoms with van der Waals surface area (Å²) in [5, 5.41) is 10.0. The first-order chi connectivity index (χ1) is 8.66. The third-order valence-electron chi connectivity index (χ3n) is 2.24. The topological polar surface area (TPSA) is 70.1 Å². The molecule has 1 aromatic heterocycles. The largest absolute Gasteiger partial charge is 0.280 e. The minimum absolute atomic E-state index is 0.300. The molecule has 0 amide bonds. The number of benzene rings is 1. The predicted octanol–water partition coefficient (Wildman–Crippen LogP) is 2.29. The molecule has 6 heteroatoms. The third-order valence-corrected chi connectivity index (χ3v) is 3.02. The first-order valence-electron chi connectivity index (χ1n) is 5.26. The summed E-state index contributed by atoms with van der Waals surface area (Å²) < 4.78 is 0.374. The van der Waals surface area contributed by atoms with Crippen molar-refractivity contribution in [2.45, 2.75) is 6.92 Å². The van der Waals surface area contributed by atoms with Gasteiger partial charge in [0.05, 0.1) is 18.1 Å². The SMILES string of the molecule is Cc1cccc(/C=N/Nc2cn[nH]c(=O)c2Br)c1. The Hall–Kier alpha value is -1.95. The Labute approximate surface area is 112 Å². The Balaban J connectivity index is 2.12. The van der Waals surface area contributed by atoms with E-state index >= 15 is 0 Å². The van der Waals surface area contributed by atoms with Crippen molar-refractivity contribution in [2.75, 3.05) is 5.43 Å². The van der Waals surface area contributed by atoms with Gasteiger partial charge in [0.2, 0.25) is 0 Å². The second kappa shape index (κ2) is 5.59. The van der Waals surface area contributed by atoms with Gasteiger partial charge in [0.1, 0.15) is 4.47 Å². The van der Waals surface area contributed by atoms with Crippen molar-refractivity contribution < 1.29 is 0 Å². The fourth-order valence-corrected chi connectivity index (χ4v) is 1.67. The number of anilines is 1. The number of nitrogens with zero attached hydrogens (tertiary/aromatic N) is 2. The molecule has 5 nitrogen and oxygen atoms in total. The average molecular weight is 307 g/mol. The summed E-state index contributed by atoms with van der Waals surface area (Å²) in [5.41, 5.74) is 5.13. The van der Waals surface area contributed by atoms with Crippen LogP contribution < -0.4 is 11.0 Å². The van der Waals surface area contributed by atoms with Crippen molar-refractivity contribution in [3.8, 4) is 0 Å². The van der Waals surface area contributed by atoms with E-state index in [9.17, 15) is 4.79 Å². The summed E-state index contributed by atoms with van der Waals surface area (Å²) in [6, 6.07) is 7.93. The van der Waals surface area contributed by atoms with Crippen LogP contribution in [0.1, 0.15) is 11.1 Å². The number of halogens is 1.